The van der Waals surface area contributed by atoms with Crippen LogP contribution in [-0.2, 0) is 19.7 Å². The molecule has 0 heterocycles. The summed E-state index contributed by atoms with van der Waals surface area (Å²) in [5.74, 6) is -2.06. The van der Waals surface area contributed by atoms with Crippen LogP contribution >= 0.6 is 11.6 Å². The Bertz CT molecular complexity index is 444. The van der Waals surface area contributed by atoms with Crippen molar-refractivity contribution in [2.45, 2.75) is 19.3 Å². The highest BCUT2D eigenvalue weighted by molar-refractivity contribution is 6.30. The molecule has 92 valence electrons. The normalized spacial score (nSPS) is 13.8. The molecule has 0 saturated heterocycles. The third-order valence-corrected chi connectivity index (χ3v) is 2.75. The summed E-state index contributed by atoms with van der Waals surface area (Å²) in [6.07, 6.45) is 0. The molecule has 0 aliphatic carbocycles. The van der Waals surface area contributed by atoms with E-state index in [0.29, 0.717) is 10.6 Å². The predicted octanol–water partition coefficient (Wildman–Crippen LogP) is 2.25. The van der Waals surface area contributed by atoms with Gasteiger partial charge in [-0.2, -0.15) is 0 Å². The maximum atomic E-state index is 11.8. The predicted molar refractivity (Wildman–Crippen MR) is 63.1 cm³/mol. The monoisotopic (exact) mass is 256 g/mol. The fraction of sp³-hybridized carbons (Fsp3) is 0.333. The maximum Gasteiger partial charge on any atom is 0.327 e. The molecule has 1 atom stereocenters. The van der Waals surface area contributed by atoms with Crippen molar-refractivity contribution < 1.29 is 19.4 Å². The molecule has 5 heteroatoms. The third-order valence-electron chi connectivity index (χ3n) is 2.51. The van der Waals surface area contributed by atoms with Crippen molar-refractivity contribution in [1.29, 1.82) is 0 Å². The minimum absolute atomic E-state index is 0.127. The molecule has 17 heavy (non-hydrogen) atoms. The van der Waals surface area contributed by atoms with Gasteiger partial charge in [-0.05, 0) is 31.5 Å². The molecule has 0 saturated carbocycles. The highest BCUT2D eigenvalue weighted by atomic mass is 35.5. The van der Waals surface area contributed by atoms with Crippen LogP contribution in [0.3, 0.4) is 0 Å². The van der Waals surface area contributed by atoms with Gasteiger partial charge in [0.25, 0.3) is 0 Å². The molecule has 1 N–H and O–H groups in total. The van der Waals surface area contributed by atoms with Gasteiger partial charge >= 0.3 is 11.9 Å². The lowest BCUT2D eigenvalue weighted by Gasteiger charge is -2.23. The van der Waals surface area contributed by atoms with Gasteiger partial charge < -0.3 is 9.84 Å². The quantitative estimate of drug-likeness (QED) is 0.663. The molecule has 0 aliphatic heterocycles. The summed E-state index contributed by atoms with van der Waals surface area (Å²) in [5, 5.41) is 9.60. The van der Waals surface area contributed by atoms with E-state index in [-0.39, 0.29) is 6.61 Å². The number of carbonyl (C=O) groups is 2. The van der Waals surface area contributed by atoms with Crippen molar-refractivity contribution in [2.75, 3.05) is 6.61 Å². The molecular formula is C12H13ClO4. The number of ether oxygens (including phenoxy) is 1. The van der Waals surface area contributed by atoms with Crippen molar-refractivity contribution in [1.82, 2.24) is 0 Å². The molecule has 0 spiro atoms. The number of carbonyl (C=O) groups excluding carboxylic acids is 1. The largest absolute Gasteiger partial charge is 0.480 e. The van der Waals surface area contributed by atoms with Gasteiger partial charge in [-0.3, -0.25) is 9.59 Å². The summed E-state index contributed by atoms with van der Waals surface area (Å²) >= 11 is 5.79. The standard InChI is InChI=1S/C12H13ClO4/c1-3-17-11(16)12(2,10(14)15)8-5-4-6-9(13)7-8/h4-7H,3H2,1-2H3,(H,14,15). The molecule has 1 unspecified atom stereocenters. The van der Waals surface area contributed by atoms with E-state index in [9.17, 15) is 14.7 Å². The number of halogens is 1. The summed E-state index contributed by atoms with van der Waals surface area (Å²) in [5.41, 5.74) is -1.43. The third kappa shape index (κ3) is 2.58. The van der Waals surface area contributed by atoms with Crippen LogP contribution in [0.15, 0.2) is 24.3 Å². The summed E-state index contributed by atoms with van der Waals surface area (Å²) in [6, 6.07) is 6.19. The highest BCUT2D eigenvalue weighted by Crippen LogP contribution is 2.28. The lowest BCUT2D eigenvalue weighted by atomic mass is 9.82. The molecule has 0 amide bonds. The lowest BCUT2D eigenvalue weighted by molar-refractivity contribution is -0.160. The van der Waals surface area contributed by atoms with Crippen molar-refractivity contribution in [3.63, 3.8) is 0 Å². The van der Waals surface area contributed by atoms with Crippen LogP contribution in [0.4, 0.5) is 0 Å². The SMILES string of the molecule is CCOC(=O)C(C)(C(=O)O)c1cccc(Cl)c1. The number of carboxylic acid groups (broad SMARTS) is 1. The summed E-state index contributed by atoms with van der Waals surface area (Å²) < 4.78 is 4.80. The Labute approximate surface area is 104 Å². The van der Waals surface area contributed by atoms with Gasteiger partial charge in [-0.25, -0.2) is 0 Å². The molecule has 0 bridgehead atoms. The van der Waals surface area contributed by atoms with E-state index in [0.717, 1.165) is 0 Å². The summed E-state index contributed by atoms with van der Waals surface area (Å²) in [6.45, 7) is 3.05. The number of carboxylic acids is 1. The summed E-state index contributed by atoms with van der Waals surface area (Å²) in [4.78, 5) is 23.1. The Kier molecular flexibility index (Phi) is 4.12. The van der Waals surface area contributed by atoms with Crippen LogP contribution in [0.25, 0.3) is 0 Å². The maximum absolute atomic E-state index is 11.8. The number of esters is 1. The van der Waals surface area contributed by atoms with Crippen LogP contribution in [0.2, 0.25) is 5.02 Å². The zero-order valence-corrected chi connectivity index (χ0v) is 10.3. The fourth-order valence-corrected chi connectivity index (χ4v) is 1.59. The first-order chi connectivity index (χ1) is 7.92. The fourth-order valence-electron chi connectivity index (χ4n) is 1.40. The Balaban J connectivity index is 3.25. The molecule has 0 fully saturated rings. The number of benzene rings is 1. The lowest BCUT2D eigenvalue weighted by Crippen LogP contribution is -2.42. The molecule has 1 aromatic rings. The van der Waals surface area contributed by atoms with Crippen molar-refractivity contribution in [3.05, 3.63) is 34.9 Å². The Morgan fingerprint density at radius 1 is 1.47 bits per heavy atom. The molecule has 0 aromatic heterocycles. The number of hydrogen-bond donors (Lipinski definition) is 1. The van der Waals surface area contributed by atoms with Gasteiger partial charge in [0.2, 0.25) is 0 Å². The Morgan fingerprint density at radius 3 is 2.59 bits per heavy atom. The zero-order chi connectivity index (χ0) is 13.1. The van der Waals surface area contributed by atoms with Crippen molar-refractivity contribution in [3.8, 4) is 0 Å². The molecule has 0 radical (unpaired) electrons. The van der Waals surface area contributed by atoms with Gasteiger partial charge in [-0.15, -0.1) is 0 Å². The molecule has 1 aromatic carbocycles. The Morgan fingerprint density at radius 2 is 2.12 bits per heavy atom. The molecule has 0 aliphatic rings. The van der Waals surface area contributed by atoms with Crippen LogP contribution in [0.5, 0.6) is 0 Å². The first kappa shape index (κ1) is 13.5. The van der Waals surface area contributed by atoms with E-state index < -0.39 is 17.4 Å². The minimum atomic E-state index is -1.74. The first-order valence-electron chi connectivity index (χ1n) is 5.09. The van der Waals surface area contributed by atoms with Crippen LogP contribution in [0.1, 0.15) is 19.4 Å². The van der Waals surface area contributed by atoms with Crippen molar-refractivity contribution >= 4 is 23.5 Å². The summed E-state index contributed by atoms with van der Waals surface area (Å²) in [7, 11) is 0. The average Bonchev–Trinajstić information content (AvgIpc) is 2.27. The second kappa shape index (κ2) is 5.19. The van der Waals surface area contributed by atoms with Gasteiger partial charge in [0, 0.05) is 5.02 Å². The molecule has 4 nitrogen and oxygen atoms in total. The Hall–Kier alpha value is -1.55. The zero-order valence-electron chi connectivity index (χ0n) is 9.57. The van der Waals surface area contributed by atoms with Crippen LogP contribution in [-0.4, -0.2) is 23.7 Å². The van der Waals surface area contributed by atoms with Gasteiger partial charge in [-0.1, -0.05) is 23.7 Å². The molecule has 1 rings (SSSR count). The van der Waals surface area contributed by atoms with E-state index in [2.05, 4.69) is 0 Å². The van der Waals surface area contributed by atoms with E-state index in [1.165, 1.54) is 19.1 Å². The van der Waals surface area contributed by atoms with Gasteiger partial charge in [0.15, 0.2) is 5.41 Å². The second-order valence-electron chi connectivity index (χ2n) is 3.66. The minimum Gasteiger partial charge on any atom is -0.480 e. The average molecular weight is 257 g/mol. The van der Waals surface area contributed by atoms with Crippen LogP contribution in [0, 0.1) is 0 Å². The number of hydrogen-bond acceptors (Lipinski definition) is 3. The van der Waals surface area contributed by atoms with E-state index in [4.69, 9.17) is 16.3 Å². The van der Waals surface area contributed by atoms with E-state index >= 15 is 0 Å². The van der Waals surface area contributed by atoms with Gasteiger partial charge in [0.05, 0.1) is 6.61 Å². The van der Waals surface area contributed by atoms with Crippen LogP contribution < -0.4 is 0 Å². The van der Waals surface area contributed by atoms with E-state index in [1.54, 1.807) is 19.1 Å². The number of aliphatic carboxylic acids is 1. The number of rotatable bonds is 4. The van der Waals surface area contributed by atoms with Gasteiger partial charge in [0.1, 0.15) is 0 Å². The first-order valence-corrected chi connectivity index (χ1v) is 5.47. The second-order valence-corrected chi connectivity index (χ2v) is 4.10. The highest BCUT2D eigenvalue weighted by Gasteiger charge is 2.44. The smallest absolute Gasteiger partial charge is 0.327 e. The van der Waals surface area contributed by atoms with E-state index in [1.807, 2.05) is 0 Å². The van der Waals surface area contributed by atoms with Crippen molar-refractivity contribution in [2.24, 2.45) is 0 Å². The molecular weight excluding hydrogens is 244 g/mol. The topological polar surface area (TPSA) is 63.6 Å².